The van der Waals surface area contributed by atoms with Gasteiger partial charge in [-0.3, -0.25) is 0 Å². The van der Waals surface area contributed by atoms with Gasteiger partial charge in [-0.25, -0.2) is 0 Å². The van der Waals surface area contributed by atoms with Gasteiger partial charge in [0.1, 0.15) is 0 Å². The lowest BCUT2D eigenvalue weighted by molar-refractivity contribution is 0.646. The van der Waals surface area contributed by atoms with Crippen LogP contribution in [0.2, 0.25) is 0 Å². The second-order valence-electron chi connectivity index (χ2n) is 7.18. The van der Waals surface area contributed by atoms with Gasteiger partial charge in [0.05, 0.1) is 0 Å². The lowest BCUT2D eigenvalue weighted by Gasteiger charge is -2.32. The van der Waals surface area contributed by atoms with Gasteiger partial charge in [-0.05, 0) is 52.3 Å². The third-order valence-corrected chi connectivity index (χ3v) is 5.80. The van der Waals surface area contributed by atoms with Crippen molar-refractivity contribution in [1.82, 2.24) is 0 Å². The molecule has 0 atom stereocenters. The third kappa shape index (κ3) is 2.69. The first-order valence-corrected chi connectivity index (χ1v) is 9.42. The molecule has 0 fully saturated rings. The number of fused-ring (bicyclic) bond motifs is 3. The molecule has 0 N–H and O–H groups in total. The summed E-state index contributed by atoms with van der Waals surface area (Å²) in [7, 11) is 0. The van der Waals surface area contributed by atoms with Gasteiger partial charge in [0.25, 0.3) is 0 Å². The fraction of sp³-hybridized carbons (Fsp3) is 0.111. The van der Waals surface area contributed by atoms with Gasteiger partial charge >= 0.3 is 0 Å². The van der Waals surface area contributed by atoms with Gasteiger partial charge < -0.3 is 0 Å². The molecule has 0 amide bonds. The molecule has 0 aliphatic heterocycles. The van der Waals surface area contributed by atoms with Crippen LogP contribution in [0.25, 0.3) is 16.7 Å². The van der Waals surface area contributed by atoms with Gasteiger partial charge in [-0.2, -0.15) is 0 Å². The molecule has 132 valence electrons. The van der Waals surface area contributed by atoms with Crippen molar-refractivity contribution in [1.29, 1.82) is 0 Å². The van der Waals surface area contributed by atoms with Crippen LogP contribution in [0.5, 0.6) is 0 Å². The van der Waals surface area contributed by atoms with Crippen LogP contribution in [0, 0.1) is 0 Å². The molecule has 3 aromatic rings. The van der Waals surface area contributed by atoms with E-state index in [4.69, 9.17) is 0 Å². The maximum Gasteiger partial charge on any atom is 0.0492 e. The molecular formula is C27H24. The molecule has 1 aliphatic rings. The summed E-state index contributed by atoms with van der Waals surface area (Å²) in [5.41, 5.74) is 8.61. The highest BCUT2D eigenvalue weighted by Crippen LogP contribution is 2.54. The number of allylic oxidation sites excluding steroid dienone is 4. The van der Waals surface area contributed by atoms with E-state index in [1.165, 1.54) is 33.4 Å². The van der Waals surface area contributed by atoms with E-state index in [2.05, 4.69) is 105 Å². The first-order valence-electron chi connectivity index (χ1n) is 9.42. The van der Waals surface area contributed by atoms with E-state index < -0.39 is 0 Å². The topological polar surface area (TPSA) is 0 Å². The number of rotatable bonds is 5. The summed E-state index contributed by atoms with van der Waals surface area (Å²) in [6.07, 6.45) is 5.14. The minimum absolute atomic E-state index is 0.259. The standard InChI is InChI=1S/C27H24/c1-4-21(3)27(19-18-20(2)22-12-6-5-7-13-22)25-16-10-8-14-23(25)24-15-9-11-17-26(24)27/h4-18H,1,3,19H2,2H3/b20-18+. The third-order valence-electron chi connectivity index (χ3n) is 5.80. The summed E-state index contributed by atoms with van der Waals surface area (Å²) >= 11 is 0. The Bertz CT molecular complexity index is 989. The second-order valence-corrected chi connectivity index (χ2v) is 7.18. The number of benzene rings is 3. The summed E-state index contributed by atoms with van der Waals surface area (Å²) in [4.78, 5) is 0. The Morgan fingerprint density at radius 1 is 0.815 bits per heavy atom. The van der Waals surface area contributed by atoms with E-state index in [1.54, 1.807) is 0 Å². The Morgan fingerprint density at radius 2 is 1.33 bits per heavy atom. The van der Waals surface area contributed by atoms with Gasteiger partial charge in [0.2, 0.25) is 0 Å². The van der Waals surface area contributed by atoms with Crippen LogP contribution in [0.4, 0.5) is 0 Å². The molecule has 0 radical (unpaired) electrons. The Hall–Kier alpha value is -3.12. The van der Waals surface area contributed by atoms with Crippen molar-refractivity contribution in [2.24, 2.45) is 0 Å². The van der Waals surface area contributed by atoms with Crippen LogP contribution >= 0.6 is 0 Å². The van der Waals surface area contributed by atoms with Crippen LogP contribution in [-0.2, 0) is 5.41 Å². The van der Waals surface area contributed by atoms with Crippen molar-refractivity contribution >= 4 is 5.57 Å². The molecule has 0 heteroatoms. The lowest BCUT2D eigenvalue weighted by atomic mass is 9.70. The van der Waals surface area contributed by atoms with E-state index in [-0.39, 0.29) is 5.41 Å². The zero-order valence-electron chi connectivity index (χ0n) is 15.8. The Labute approximate surface area is 162 Å². The Kier molecular flexibility index (Phi) is 4.41. The summed E-state index contributed by atoms with van der Waals surface area (Å²) in [5.74, 6) is 0. The molecule has 1 aliphatic carbocycles. The lowest BCUT2D eigenvalue weighted by Crippen LogP contribution is -2.26. The number of hydrogen-bond donors (Lipinski definition) is 0. The fourth-order valence-electron chi connectivity index (χ4n) is 4.32. The van der Waals surface area contributed by atoms with E-state index >= 15 is 0 Å². The van der Waals surface area contributed by atoms with Crippen molar-refractivity contribution in [2.45, 2.75) is 18.8 Å². The van der Waals surface area contributed by atoms with Gasteiger partial charge in [0, 0.05) is 5.41 Å². The van der Waals surface area contributed by atoms with Crippen molar-refractivity contribution in [3.63, 3.8) is 0 Å². The zero-order chi connectivity index (χ0) is 18.9. The maximum absolute atomic E-state index is 4.43. The van der Waals surface area contributed by atoms with Gasteiger partial charge in [-0.15, -0.1) is 0 Å². The first kappa shape index (κ1) is 17.3. The molecule has 0 bridgehead atoms. The molecule has 4 rings (SSSR count). The minimum atomic E-state index is -0.259. The summed E-state index contributed by atoms with van der Waals surface area (Å²) in [6, 6.07) is 28.0. The first-order chi connectivity index (χ1) is 13.2. The molecule has 0 saturated heterocycles. The molecule has 0 heterocycles. The van der Waals surface area contributed by atoms with Crippen LogP contribution in [0.15, 0.2) is 110 Å². The molecule has 3 aromatic carbocycles. The number of hydrogen-bond acceptors (Lipinski definition) is 0. The van der Waals surface area contributed by atoms with E-state index in [1.807, 2.05) is 6.08 Å². The van der Waals surface area contributed by atoms with E-state index in [0.717, 1.165) is 12.0 Å². The summed E-state index contributed by atoms with van der Waals surface area (Å²) < 4.78 is 0. The molecule has 0 aromatic heterocycles. The molecule has 0 spiro atoms. The fourth-order valence-corrected chi connectivity index (χ4v) is 4.32. The van der Waals surface area contributed by atoms with Crippen LogP contribution in [-0.4, -0.2) is 0 Å². The minimum Gasteiger partial charge on any atom is -0.0988 e. The predicted octanol–water partition coefficient (Wildman–Crippen LogP) is 7.19. The Morgan fingerprint density at radius 3 is 1.89 bits per heavy atom. The largest absolute Gasteiger partial charge is 0.0988 e. The van der Waals surface area contributed by atoms with E-state index in [9.17, 15) is 0 Å². The van der Waals surface area contributed by atoms with Gasteiger partial charge in [0.15, 0.2) is 0 Å². The van der Waals surface area contributed by atoms with Crippen molar-refractivity contribution in [3.8, 4) is 11.1 Å². The molecular weight excluding hydrogens is 324 g/mol. The molecule has 27 heavy (non-hydrogen) atoms. The van der Waals surface area contributed by atoms with Crippen LogP contribution in [0.3, 0.4) is 0 Å². The average Bonchev–Trinajstić information content (AvgIpc) is 3.03. The summed E-state index contributed by atoms with van der Waals surface area (Å²) in [6.45, 7) is 10.7. The molecule has 0 unspecified atom stereocenters. The zero-order valence-corrected chi connectivity index (χ0v) is 15.8. The predicted molar refractivity (Wildman–Crippen MR) is 117 cm³/mol. The summed E-state index contributed by atoms with van der Waals surface area (Å²) in [5, 5.41) is 0. The van der Waals surface area contributed by atoms with Crippen molar-refractivity contribution < 1.29 is 0 Å². The smallest absolute Gasteiger partial charge is 0.0492 e. The van der Waals surface area contributed by atoms with Crippen LogP contribution < -0.4 is 0 Å². The van der Waals surface area contributed by atoms with Crippen LogP contribution in [0.1, 0.15) is 30.0 Å². The highest BCUT2D eigenvalue weighted by molar-refractivity contribution is 5.84. The maximum atomic E-state index is 4.43. The monoisotopic (exact) mass is 348 g/mol. The average molecular weight is 348 g/mol. The SMILES string of the molecule is C=CC(=C)C1(C/C=C(\C)c2ccccc2)c2ccccc2-c2ccccc21. The Balaban J connectivity index is 1.90. The second kappa shape index (κ2) is 6.89. The molecule has 0 saturated carbocycles. The van der Waals surface area contributed by atoms with Gasteiger partial charge in [-0.1, -0.05) is 104 Å². The van der Waals surface area contributed by atoms with E-state index in [0.29, 0.717) is 0 Å². The molecule has 0 nitrogen and oxygen atoms in total. The highest BCUT2D eigenvalue weighted by atomic mass is 14.4. The van der Waals surface area contributed by atoms with Crippen molar-refractivity contribution in [2.75, 3.05) is 0 Å². The quantitative estimate of drug-likeness (QED) is 0.428. The van der Waals surface area contributed by atoms with Crippen molar-refractivity contribution in [3.05, 3.63) is 126 Å². The highest BCUT2D eigenvalue weighted by Gasteiger charge is 2.43. The normalized spacial score (nSPS) is 14.3.